The Labute approximate surface area is 160 Å². The quantitative estimate of drug-likeness (QED) is 0.676. The average Bonchev–Trinajstić information content (AvgIpc) is 3.23. The van der Waals surface area contributed by atoms with Crippen LogP contribution in [0.2, 0.25) is 0 Å². The van der Waals surface area contributed by atoms with E-state index in [2.05, 4.69) is 15.6 Å². The molecule has 3 aromatic rings. The molecule has 2 amide bonds. The molecule has 0 aliphatic heterocycles. The molecule has 0 fully saturated rings. The molecular weight excluding hydrogens is 366 g/mol. The highest BCUT2D eigenvalue weighted by Gasteiger charge is 2.13. The maximum atomic E-state index is 12.4. The summed E-state index contributed by atoms with van der Waals surface area (Å²) in [4.78, 5) is 28.7. The maximum absolute atomic E-state index is 12.4. The molecule has 5 nitrogen and oxygen atoms in total. The first-order valence-corrected chi connectivity index (χ1v) is 9.90. The van der Waals surface area contributed by atoms with Crippen molar-refractivity contribution in [2.24, 2.45) is 0 Å². The van der Waals surface area contributed by atoms with Crippen LogP contribution in [-0.2, 0) is 11.2 Å². The van der Waals surface area contributed by atoms with Crippen LogP contribution in [0, 0.1) is 20.8 Å². The standard InChI is InChI=1S/C19H19N3O2S2/c1-11-6-12(2)17(13(3)7-11)21-16(23)8-15-10-26-19(20-15)22-18(24)14-4-5-25-9-14/h4-7,9-10H,8H2,1-3H3,(H,21,23)(H,20,22,24). The number of hydrogen-bond donors (Lipinski definition) is 2. The Morgan fingerprint density at radius 2 is 1.81 bits per heavy atom. The lowest BCUT2D eigenvalue weighted by Gasteiger charge is -2.12. The highest BCUT2D eigenvalue weighted by atomic mass is 32.1. The molecule has 7 heteroatoms. The molecule has 0 unspecified atom stereocenters. The predicted molar refractivity (Wildman–Crippen MR) is 107 cm³/mol. The number of hydrogen-bond acceptors (Lipinski definition) is 5. The minimum absolute atomic E-state index is 0.124. The van der Waals surface area contributed by atoms with Crippen LogP contribution in [0.3, 0.4) is 0 Å². The van der Waals surface area contributed by atoms with Crippen LogP contribution in [0.5, 0.6) is 0 Å². The van der Waals surface area contributed by atoms with Gasteiger partial charge in [0.1, 0.15) is 0 Å². The second-order valence-corrected chi connectivity index (χ2v) is 7.75. The number of benzene rings is 1. The molecule has 26 heavy (non-hydrogen) atoms. The van der Waals surface area contributed by atoms with E-state index in [1.807, 2.05) is 38.3 Å². The molecular formula is C19H19N3O2S2. The molecule has 134 valence electrons. The number of carbonyl (C=O) groups excluding carboxylic acids is 2. The fourth-order valence-electron chi connectivity index (χ4n) is 2.73. The lowest BCUT2D eigenvalue weighted by molar-refractivity contribution is -0.115. The third-order valence-corrected chi connectivity index (χ3v) is 5.33. The van der Waals surface area contributed by atoms with E-state index in [1.54, 1.807) is 16.8 Å². The van der Waals surface area contributed by atoms with Crippen molar-refractivity contribution in [3.05, 3.63) is 62.3 Å². The summed E-state index contributed by atoms with van der Waals surface area (Å²) in [6.45, 7) is 6.00. The second kappa shape index (κ2) is 7.80. The summed E-state index contributed by atoms with van der Waals surface area (Å²) in [5, 5.41) is 11.6. The van der Waals surface area contributed by atoms with E-state index in [4.69, 9.17) is 0 Å². The van der Waals surface area contributed by atoms with Crippen molar-refractivity contribution in [2.45, 2.75) is 27.2 Å². The molecule has 0 radical (unpaired) electrons. The smallest absolute Gasteiger partial charge is 0.258 e. The number of rotatable bonds is 5. The van der Waals surface area contributed by atoms with Crippen molar-refractivity contribution < 1.29 is 9.59 Å². The first kappa shape index (κ1) is 18.3. The van der Waals surface area contributed by atoms with E-state index in [0.29, 0.717) is 16.4 Å². The Morgan fingerprint density at radius 1 is 1.08 bits per heavy atom. The largest absolute Gasteiger partial charge is 0.325 e. The molecule has 0 aliphatic rings. The average molecular weight is 386 g/mol. The zero-order chi connectivity index (χ0) is 18.7. The Morgan fingerprint density at radius 3 is 2.46 bits per heavy atom. The van der Waals surface area contributed by atoms with E-state index < -0.39 is 0 Å². The van der Waals surface area contributed by atoms with Crippen molar-refractivity contribution in [3.8, 4) is 0 Å². The molecule has 0 bridgehead atoms. The number of thiophene rings is 1. The van der Waals surface area contributed by atoms with Crippen LogP contribution in [0.15, 0.2) is 34.3 Å². The molecule has 0 saturated heterocycles. The van der Waals surface area contributed by atoms with Gasteiger partial charge in [0, 0.05) is 16.4 Å². The lowest BCUT2D eigenvalue weighted by Crippen LogP contribution is -2.16. The Bertz CT molecular complexity index is 923. The molecule has 3 rings (SSSR count). The number of nitrogens with zero attached hydrogens (tertiary/aromatic N) is 1. The minimum Gasteiger partial charge on any atom is -0.325 e. The number of thiazole rings is 1. The van der Waals surface area contributed by atoms with Crippen molar-refractivity contribution in [1.82, 2.24) is 4.98 Å². The van der Waals surface area contributed by atoms with Crippen LogP contribution >= 0.6 is 22.7 Å². The van der Waals surface area contributed by atoms with E-state index in [0.717, 1.165) is 16.8 Å². The fourth-order valence-corrected chi connectivity index (χ4v) is 4.08. The number of nitrogens with one attached hydrogen (secondary N) is 2. The van der Waals surface area contributed by atoms with Crippen LogP contribution in [0.25, 0.3) is 0 Å². The van der Waals surface area contributed by atoms with Gasteiger partial charge in [-0.15, -0.1) is 11.3 Å². The van der Waals surface area contributed by atoms with Gasteiger partial charge in [-0.05, 0) is 43.3 Å². The summed E-state index contributed by atoms with van der Waals surface area (Å²) in [7, 11) is 0. The number of aryl methyl sites for hydroxylation is 3. The van der Waals surface area contributed by atoms with Crippen molar-refractivity contribution in [2.75, 3.05) is 10.6 Å². The topological polar surface area (TPSA) is 71.1 Å². The first-order valence-electron chi connectivity index (χ1n) is 8.08. The van der Waals surface area contributed by atoms with E-state index in [-0.39, 0.29) is 18.2 Å². The van der Waals surface area contributed by atoms with Gasteiger partial charge in [0.05, 0.1) is 17.7 Å². The molecule has 2 aromatic heterocycles. The van der Waals surface area contributed by atoms with Crippen molar-refractivity contribution in [3.63, 3.8) is 0 Å². The first-order chi connectivity index (χ1) is 12.4. The summed E-state index contributed by atoms with van der Waals surface area (Å²) in [6, 6.07) is 5.85. The lowest BCUT2D eigenvalue weighted by atomic mass is 10.0. The van der Waals surface area contributed by atoms with Gasteiger partial charge in [-0.3, -0.25) is 14.9 Å². The van der Waals surface area contributed by atoms with Gasteiger partial charge in [-0.2, -0.15) is 11.3 Å². The summed E-state index contributed by atoms with van der Waals surface area (Å²) in [6.07, 6.45) is 0.164. The number of carbonyl (C=O) groups is 2. The Hall–Kier alpha value is -2.51. The normalized spacial score (nSPS) is 10.6. The zero-order valence-corrected chi connectivity index (χ0v) is 16.4. The molecule has 2 N–H and O–H groups in total. The van der Waals surface area contributed by atoms with Gasteiger partial charge in [-0.1, -0.05) is 17.7 Å². The van der Waals surface area contributed by atoms with Crippen LogP contribution in [-0.4, -0.2) is 16.8 Å². The number of aromatic nitrogens is 1. The molecule has 0 saturated carbocycles. The monoisotopic (exact) mass is 385 g/mol. The number of anilines is 2. The molecule has 1 aromatic carbocycles. The van der Waals surface area contributed by atoms with E-state index in [1.165, 1.54) is 28.2 Å². The number of amides is 2. The Balaban J connectivity index is 1.62. The van der Waals surface area contributed by atoms with Gasteiger partial charge < -0.3 is 5.32 Å². The second-order valence-electron chi connectivity index (χ2n) is 6.11. The van der Waals surface area contributed by atoms with Gasteiger partial charge in [-0.25, -0.2) is 4.98 Å². The molecule has 0 spiro atoms. The highest BCUT2D eigenvalue weighted by molar-refractivity contribution is 7.14. The summed E-state index contributed by atoms with van der Waals surface area (Å²) in [5.41, 5.74) is 5.34. The predicted octanol–water partition coefficient (Wildman–Crippen LogP) is 4.56. The van der Waals surface area contributed by atoms with Crippen LogP contribution in [0.4, 0.5) is 10.8 Å². The highest BCUT2D eigenvalue weighted by Crippen LogP contribution is 2.23. The molecule has 2 heterocycles. The van der Waals surface area contributed by atoms with Gasteiger partial charge >= 0.3 is 0 Å². The van der Waals surface area contributed by atoms with Gasteiger partial charge in [0.25, 0.3) is 5.91 Å². The minimum atomic E-state index is -0.192. The third-order valence-electron chi connectivity index (χ3n) is 3.84. The zero-order valence-electron chi connectivity index (χ0n) is 14.8. The van der Waals surface area contributed by atoms with Crippen molar-refractivity contribution >= 4 is 45.3 Å². The van der Waals surface area contributed by atoms with Gasteiger partial charge in [0.15, 0.2) is 5.13 Å². The fraction of sp³-hybridized carbons (Fsp3) is 0.211. The van der Waals surface area contributed by atoms with Crippen LogP contribution in [0.1, 0.15) is 32.7 Å². The third kappa shape index (κ3) is 4.36. The molecule has 0 aliphatic carbocycles. The summed E-state index contributed by atoms with van der Waals surface area (Å²) < 4.78 is 0. The van der Waals surface area contributed by atoms with E-state index in [9.17, 15) is 9.59 Å². The van der Waals surface area contributed by atoms with Gasteiger partial charge in [0.2, 0.25) is 5.91 Å². The summed E-state index contributed by atoms with van der Waals surface area (Å²) >= 11 is 2.78. The molecule has 0 atom stereocenters. The summed E-state index contributed by atoms with van der Waals surface area (Å²) in [5.74, 6) is -0.316. The SMILES string of the molecule is Cc1cc(C)c(NC(=O)Cc2csc(NC(=O)c3ccsc3)n2)c(C)c1. The Kier molecular flexibility index (Phi) is 5.49. The van der Waals surface area contributed by atoms with Crippen molar-refractivity contribution in [1.29, 1.82) is 0 Å². The van der Waals surface area contributed by atoms with Crippen LogP contribution < -0.4 is 10.6 Å². The maximum Gasteiger partial charge on any atom is 0.258 e. The van der Waals surface area contributed by atoms with E-state index >= 15 is 0 Å².